The van der Waals surface area contributed by atoms with Gasteiger partial charge in [-0.3, -0.25) is 9.59 Å². The molecule has 0 saturated heterocycles. The summed E-state index contributed by atoms with van der Waals surface area (Å²) in [6.45, 7) is 5.74. The Morgan fingerprint density at radius 2 is 2.27 bits per heavy atom. The molecule has 0 unspecified atom stereocenters. The number of carbonyl (C=O) groups excluding carboxylic acids is 1. The lowest BCUT2D eigenvalue weighted by molar-refractivity contribution is -0.141. The first-order valence-corrected chi connectivity index (χ1v) is 8.70. The third-order valence-electron chi connectivity index (χ3n) is 4.34. The van der Waals surface area contributed by atoms with Crippen LogP contribution in [0.3, 0.4) is 0 Å². The molecule has 5 nitrogen and oxygen atoms in total. The number of amides is 1. The van der Waals surface area contributed by atoms with Gasteiger partial charge in [-0.2, -0.15) is 0 Å². The number of thiophene rings is 1. The van der Waals surface area contributed by atoms with Crippen LogP contribution in [-0.4, -0.2) is 41.0 Å². The van der Waals surface area contributed by atoms with Gasteiger partial charge in [0.1, 0.15) is 6.04 Å². The van der Waals surface area contributed by atoms with Crippen LogP contribution >= 0.6 is 11.3 Å². The monoisotopic (exact) mass is 324 g/mol. The van der Waals surface area contributed by atoms with Crippen LogP contribution in [0.4, 0.5) is 0 Å². The first-order valence-electron chi connectivity index (χ1n) is 7.82. The Morgan fingerprint density at radius 3 is 2.95 bits per heavy atom. The predicted octanol–water partition coefficient (Wildman–Crippen LogP) is 2.11. The van der Waals surface area contributed by atoms with Crippen molar-refractivity contribution in [2.75, 3.05) is 13.1 Å². The van der Waals surface area contributed by atoms with Gasteiger partial charge < -0.3 is 15.3 Å². The van der Waals surface area contributed by atoms with Crippen molar-refractivity contribution >= 4 is 23.2 Å². The summed E-state index contributed by atoms with van der Waals surface area (Å²) in [4.78, 5) is 26.7. The Hall–Kier alpha value is -1.40. The summed E-state index contributed by atoms with van der Waals surface area (Å²) in [6.07, 6.45) is 2.07. The van der Waals surface area contributed by atoms with Crippen LogP contribution in [0.25, 0.3) is 0 Å². The number of rotatable bonds is 7. The predicted molar refractivity (Wildman–Crippen MR) is 86.9 cm³/mol. The fraction of sp³-hybridized carbons (Fsp3) is 0.625. The van der Waals surface area contributed by atoms with Crippen LogP contribution in [-0.2, 0) is 22.6 Å². The van der Waals surface area contributed by atoms with E-state index in [-0.39, 0.29) is 11.8 Å². The molecule has 0 fully saturated rings. The van der Waals surface area contributed by atoms with Gasteiger partial charge in [-0.1, -0.05) is 20.3 Å². The second-order valence-electron chi connectivity index (χ2n) is 5.84. The Labute approximate surface area is 135 Å². The largest absolute Gasteiger partial charge is 0.480 e. The summed E-state index contributed by atoms with van der Waals surface area (Å²) >= 11 is 1.75. The van der Waals surface area contributed by atoms with E-state index in [2.05, 4.69) is 16.8 Å². The van der Waals surface area contributed by atoms with Crippen LogP contribution in [0.5, 0.6) is 0 Å². The third-order valence-corrected chi connectivity index (χ3v) is 5.37. The van der Waals surface area contributed by atoms with E-state index in [0.29, 0.717) is 19.5 Å². The second-order valence-corrected chi connectivity index (χ2v) is 6.84. The third kappa shape index (κ3) is 4.08. The minimum atomic E-state index is -0.845. The van der Waals surface area contributed by atoms with Crippen molar-refractivity contribution in [2.24, 2.45) is 5.92 Å². The lowest BCUT2D eigenvalue weighted by atomic mass is 9.99. The van der Waals surface area contributed by atoms with Crippen molar-refractivity contribution in [2.45, 2.75) is 45.7 Å². The molecule has 0 spiro atoms. The molecule has 22 heavy (non-hydrogen) atoms. The van der Waals surface area contributed by atoms with Crippen molar-refractivity contribution < 1.29 is 14.7 Å². The summed E-state index contributed by atoms with van der Waals surface area (Å²) in [5.41, 5.74) is 1.25. The number of nitrogens with one attached hydrogen (secondary N) is 1. The van der Waals surface area contributed by atoms with Gasteiger partial charge in [0.05, 0.1) is 0 Å². The molecule has 0 bridgehead atoms. The molecule has 0 radical (unpaired) electrons. The number of hydrogen-bond acceptors (Lipinski definition) is 4. The summed E-state index contributed by atoms with van der Waals surface area (Å²) in [6, 6.07) is 1.50. The zero-order valence-electron chi connectivity index (χ0n) is 13.2. The molecule has 1 aliphatic rings. The van der Waals surface area contributed by atoms with Crippen LogP contribution in [0.1, 0.15) is 37.1 Å². The lowest BCUT2D eigenvalue weighted by Gasteiger charge is -2.27. The molecular weight excluding hydrogens is 300 g/mol. The molecular formula is C16H24N2O3S. The van der Waals surface area contributed by atoms with Crippen LogP contribution in [0, 0.1) is 5.92 Å². The van der Waals surface area contributed by atoms with Gasteiger partial charge in [0.15, 0.2) is 0 Å². The number of nitrogens with zero attached hydrogens (tertiary/aromatic N) is 1. The van der Waals surface area contributed by atoms with Gasteiger partial charge in [0, 0.05) is 30.9 Å². The van der Waals surface area contributed by atoms with Crippen molar-refractivity contribution in [1.82, 2.24) is 10.2 Å². The Bertz CT molecular complexity index is 529. The van der Waals surface area contributed by atoms with Gasteiger partial charge in [-0.05, 0) is 29.3 Å². The Balaban J connectivity index is 1.79. The molecule has 2 heterocycles. The van der Waals surface area contributed by atoms with E-state index in [1.165, 1.54) is 10.4 Å². The molecule has 2 N–H and O–H groups in total. The molecule has 1 aromatic rings. The topological polar surface area (TPSA) is 69.6 Å². The van der Waals surface area contributed by atoms with Crippen molar-refractivity contribution in [3.8, 4) is 0 Å². The molecule has 1 aromatic heterocycles. The average molecular weight is 324 g/mol. The highest BCUT2D eigenvalue weighted by Gasteiger charge is 2.24. The molecule has 0 aromatic carbocycles. The smallest absolute Gasteiger partial charge is 0.320 e. The average Bonchev–Trinajstić information content (AvgIpc) is 2.97. The fourth-order valence-corrected chi connectivity index (χ4v) is 3.61. The quantitative estimate of drug-likeness (QED) is 0.806. The summed E-state index contributed by atoms with van der Waals surface area (Å²) in [7, 11) is 0. The summed E-state index contributed by atoms with van der Waals surface area (Å²) in [5, 5.41) is 14.3. The SMILES string of the molecule is CC[C@H](C)[C@H](NCCC(=O)N1CCc2sccc2C1)C(=O)O. The normalized spacial score (nSPS) is 16.9. The highest BCUT2D eigenvalue weighted by molar-refractivity contribution is 7.10. The molecule has 6 heteroatoms. The van der Waals surface area contributed by atoms with Crippen molar-refractivity contribution in [1.29, 1.82) is 0 Å². The van der Waals surface area contributed by atoms with Gasteiger partial charge in [0.2, 0.25) is 5.91 Å². The Kier molecular flexibility index (Phi) is 5.97. The summed E-state index contributed by atoms with van der Waals surface area (Å²) in [5.74, 6) is -0.698. The van der Waals surface area contributed by atoms with E-state index in [1.807, 2.05) is 18.7 Å². The first-order chi connectivity index (χ1) is 10.5. The number of carboxylic acids is 1. The van der Waals surface area contributed by atoms with E-state index in [4.69, 9.17) is 0 Å². The van der Waals surface area contributed by atoms with Crippen molar-refractivity contribution in [3.05, 3.63) is 21.9 Å². The number of carbonyl (C=O) groups is 2. The van der Waals surface area contributed by atoms with Gasteiger partial charge in [0.25, 0.3) is 0 Å². The first kappa shape index (κ1) is 17.0. The zero-order chi connectivity index (χ0) is 16.1. The van der Waals surface area contributed by atoms with Crippen molar-refractivity contribution in [3.63, 3.8) is 0 Å². The highest BCUT2D eigenvalue weighted by Crippen LogP contribution is 2.24. The van der Waals surface area contributed by atoms with E-state index in [1.54, 1.807) is 11.3 Å². The summed E-state index contributed by atoms with van der Waals surface area (Å²) < 4.78 is 0. The van der Waals surface area contributed by atoms with Gasteiger partial charge in [-0.15, -0.1) is 11.3 Å². The van der Waals surface area contributed by atoms with Crippen LogP contribution < -0.4 is 5.32 Å². The molecule has 122 valence electrons. The van der Waals surface area contributed by atoms with Gasteiger partial charge in [-0.25, -0.2) is 0 Å². The van der Waals surface area contributed by atoms with E-state index in [9.17, 15) is 14.7 Å². The second kappa shape index (κ2) is 7.74. The lowest BCUT2D eigenvalue weighted by Crippen LogP contribution is -2.44. The number of carboxylic acid groups (broad SMARTS) is 1. The molecule has 2 rings (SSSR count). The maximum atomic E-state index is 12.3. The molecule has 1 aliphatic heterocycles. The molecule has 0 saturated carbocycles. The minimum Gasteiger partial charge on any atom is -0.480 e. The van der Waals surface area contributed by atoms with E-state index < -0.39 is 12.0 Å². The minimum absolute atomic E-state index is 0.0518. The number of hydrogen-bond donors (Lipinski definition) is 2. The standard InChI is InChI=1S/C16H24N2O3S/c1-3-11(2)15(16(20)21)17-7-4-14(19)18-8-5-13-12(10-18)6-9-22-13/h6,9,11,15,17H,3-5,7-8,10H2,1-2H3,(H,20,21)/t11-,15-/m0/s1. The highest BCUT2D eigenvalue weighted by atomic mass is 32.1. The zero-order valence-corrected chi connectivity index (χ0v) is 14.0. The molecule has 1 amide bonds. The maximum Gasteiger partial charge on any atom is 0.320 e. The molecule has 2 atom stereocenters. The fourth-order valence-electron chi connectivity index (χ4n) is 2.72. The number of aliphatic carboxylic acids is 1. The maximum absolute atomic E-state index is 12.3. The molecule has 0 aliphatic carbocycles. The van der Waals surface area contributed by atoms with Gasteiger partial charge >= 0.3 is 5.97 Å². The van der Waals surface area contributed by atoms with Crippen LogP contribution in [0.2, 0.25) is 0 Å². The number of fused-ring (bicyclic) bond motifs is 1. The Morgan fingerprint density at radius 1 is 1.50 bits per heavy atom. The van der Waals surface area contributed by atoms with Crippen LogP contribution in [0.15, 0.2) is 11.4 Å². The van der Waals surface area contributed by atoms with E-state index >= 15 is 0 Å². The van der Waals surface area contributed by atoms with E-state index in [0.717, 1.165) is 19.4 Å².